The van der Waals surface area contributed by atoms with Crippen LogP contribution in [0.15, 0.2) is 18.5 Å². The minimum atomic E-state index is -4.76. The average molecular weight is 404 g/mol. The van der Waals surface area contributed by atoms with E-state index in [1.165, 1.54) is 6.07 Å². The summed E-state index contributed by atoms with van der Waals surface area (Å²) in [5, 5.41) is -0.433. The molecule has 144 valence electrons. The highest BCUT2D eigenvalue weighted by atomic mass is 35.5. The first-order chi connectivity index (χ1) is 12.8. The second-order valence-corrected chi connectivity index (χ2v) is 5.70. The molecule has 0 N–H and O–H groups in total. The van der Waals surface area contributed by atoms with Crippen molar-refractivity contribution in [3.05, 3.63) is 40.6 Å². The number of rotatable bonds is 4. The fourth-order valence-corrected chi connectivity index (χ4v) is 2.69. The van der Waals surface area contributed by atoms with Crippen LogP contribution in [0.1, 0.15) is 35.0 Å². The maximum absolute atomic E-state index is 13.4. The lowest BCUT2D eigenvalue weighted by Gasteiger charge is -2.18. The molecule has 2 aromatic heterocycles. The van der Waals surface area contributed by atoms with Crippen molar-refractivity contribution in [1.29, 1.82) is 0 Å². The molecule has 0 amide bonds. The first-order valence-electron chi connectivity index (χ1n) is 7.81. The minimum Gasteiger partial charge on any atom is -0.461 e. The standard InChI is InChI=1S/C16H13ClF3N3O4/c1-2-25-14(24)11-6-10(21-7-22-11)8-5-9(15-26-3-4-27-15)12(16(18,19)20)23-13(8)17/h5-7,15H,2-4H2,1H3. The molecule has 0 aromatic carbocycles. The lowest BCUT2D eigenvalue weighted by molar-refractivity contribution is -0.146. The van der Waals surface area contributed by atoms with Gasteiger partial charge in [0, 0.05) is 11.1 Å². The zero-order valence-electron chi connectivity index (χ0n) is 13.9. The van der Waals surface area contributed by atoms with Crippen LogP contribution in [0.5, 0.6) is 0 Å². The Kier molecular flexibility index (Phi) is 5.59. The minimum absolute atomic E-state index is 0.0623. The first-order valence-corrected chi connectivity index (χ1v) is 8.19. The third kappa shape index (κ3) is 4.18. The van der Waals surface area contributed by atoms with Gasteiger partial charge in [0.2, 0.25) is 0 Å². The molecule has 1 saturated heterocycles. The molecular formula is C16H13ClF3N3O4. The van der Waals surface area contributed by atoms with Gasteiger partial charge in [-0.25, -0.2) is 19.7 Å². The molecular weight excluding hydrogens is 391 g/mol. The zero-order valence-corrected chi connectivity index (χ0v) is 14.7. The fraction of sp³-hybridized carbons (Fsp3) is 0.375. The van der Waals surface area contributed by atoms with Crippen LogP contribution in [0, 0.1) is 0 Å². The van der Waals surface area contributed by atoms with Gasteiger partial charge in [-0.3, -0.25) is 0 Å². The van der Waals surface area contributed by atoms with Crippen LogP contribution in [0.3, 0.4) is 0 Å². The van der Waals surface area contributed by atoms with Gasteiger partial charge < -0.3 is 14.2 Å². The molecule has 2 aromatic rings. The molecule has 0 bridgehead atoms. The summed E-state index contributed by atoms with van der Waals surface area (Å²) >= 11 is 5.97. The maximum atomic E-state index is 13.4. The van der Waals surface area contributed by atoms with Crippen molar-refractivity contribution in [1.82, 2.24) is 15.0 Å². The monoisotopic (exact) mass is 403 g/mol. The molecule has 3 heterocycles. The molecule has 0 aliphatic carbocycles. The lowest BCUT2D eigenvalue weighted by atomic mass is 10.1. The number of ether oxygens (including phenoxy) is 3. The van der Waals surface area contributed by atoms with Crippen LogP contribution in [0.4, 0.5) is 13.2 Å². The molecule has 1 aliphatic rings. The number of pyridine rings is 1. The summed E-state index contributed by atoms with van der Waals surface area (Å²) < 4.78 is 55.3. The van der Waals surface area contributed by atoms with Gasteiger partial charge in [0.1, 0.15) is 11.5 Å². The van der Waals surface area contributed by atoms with Crippen LogP contribution >= 0.6 is 11.6 Å². The van der Waals surface area contributed by atoms with Crippen molar-refractivity contribution in [3.63, 3.8) is 0 Å². The highest BCUT2D eigenvalue weighted by Gasteiger charge is 2.40. The van der Waals surface area contributed by atoms with Crippen molar-refractivity contribution in [3.8, 4) is 11.3 Å². The fourth-order valence-electron chi connectivity index (χ4n) is 2.45. The third-order valence-electron chi connectivity index (χ3n) is 3.58. The van der Waals surface area contributed by atoms with Crippen LogP contribution in [0.2, 0.25) is 5.15 Å². The van der Waals surface area contributed by atoms with E-state index in [1.807, 2.05) is 0 Å². The predicted octanol–water partition coefficient (Wildman–Crippen LogP) is 3.43. The summed E-state index contributed by atoms with van der Waals surface area (Å²) in [6.07, 6.45) is -4.90. The number of nitrogens with zero attached hydrogens (tertiary/aromatic N) is 3. The number of aromatic nitrogens is 3. The van der Waals surface area contributed by atoms with Gasteiger partial charge in [0.15, 0.2) is 17.7 Å². The number of carbonyl (C=O) groups excluding carboxylic acids is 1. The molecule has 27 heavy (non-hydrogen) atoms. The van der Waals surface area contributed by atoms with Crippen LogP contribution in [-0.2, 0) is 20.4 Å². The Labute approximate surface area is 156 Å². The third-order valence-corrected chi connectivity index (χ3v) is 3.87. The summed E-state index contributed by atoms with van der Waals surface area (Å²) in [6.45, 7) is 2.08. The van der Waals surface area contributed by atoms with E-state index < -0.39 is 29.3 Å². The van der Waals surface area contributed by atoms with Gasteiger partial charge in [-0.1, -0.05) is 11.6 Å². The molecule has 0 spiro atoms. The Balaban J connectivity index is 2.10. The van der Waals surface area contributed by atoms with Crippen LogP contribution < -0.4 is 0 Å². The van der Waals surface area contributed by atoms with Crippen molar-refractivity contribution >= 4 is 17.6 Å². The average Bonchev–Trinajstić information content (AvgIpc) is 3.15. The normalized spacial score (nSPS) is 15.1. The summed E-state index contributed by atoms with van der Waals surface area (Å²) in [5.74, 6) is -0.695. The molecule has 0 saturated carbocycles. The molecule has 0 unspecified atom stereocenters. The molecule has 7 nitrogen and oxygen atoms in total. The van der Waals surface area contributed by atoms with E-state index in [9.17, 15) is 18.0 Å². The van der Waals surface area contributed by atoms with E-state index in [2.05, 4.69) is 15.0 Å². The Morgan fingerprint density at radius 3 is 2.63 bits per heavy atom. The quantitative estimate of drug-likeness (QED) is 0.571. The predicted molar refractivity (Wildman–Crippen MR) is 85.9 cm³/mol. The van der Waals surface area contributed by atoms with Gasteiger partial charge in [-0.05, 0) is 19.1 Å². The molecule has 1 fully saturated rings. The van der Waals surface area contributed by atoms with Crippen LogP contribution in [-0.4, -0.2) is 40.7 Å². The number of esters is 1. The van der Waals surface area contributed by atoms with E-state index in [4.69, 9.17) is 25.8 Å². The van der Waals surface area contributed by atoms with Crippen molar-refractivity contribution < 1.29 is 32.2 Å². The first kappa shape index (κ1) is 19.5. The number of halogens is 4. The highest BCUT2D eigenvalue weighted by molar-refractivity contribution is 6.32. The SMILES string of the molecule is CCOC(=O)c1cc(-c2cc(C3OCCO3)c(C(F)(F)F)nc2Cl)ncn1. The summed E-state index contributed by atoms with van der Waals surface area (Å²) in [7, 11) is 0. The van der Waals surface area contributed by atoms with Gasteiger partial charge in [-0.15, -0.1) is 0 Å². The smallest absolute Gasteiger partial charge is 0.433 e. The summed E-state index contributed by atoms with van der Waals surface area (Å²) in [6, 6.07) is 2.40. The van der Waals surface area contributed by atoms with Crippen LogP contribution in [0.25, 0.3) is 11.3 Å². The topological polar surface area (TPSA) is 83.4 Å². The van der Waals surface area contributed by atoms with Gasteiger partial charge in [0.05, 0.1) is 25.5 Å². The molecule has 11 heteroatoms. The van der Waals surface area contributed by atoms with Crippen molar-refractivity contribution in [2.24, 2.45) is 0 Å². The molecule has 0 atom stereocenters. The second-order valence-electron chi connectivity index (χ2n) is 5.34. The van der Waals surface area contributed by atoms with Crippen molar-refractivity contribution in [2.75, 3.05) is 19.8 Å². The Bertz CT molecular complexity index is 857. The summed E-state index contributed by atoms with van der Waals surface area (Å²) in [4.78, 5) is 23.1. The van der Waals surface area contributed by atoms with E-state index in [0.29, 0.717) is 0 Å². The second kappa shape index (κ2) is 7.75. The van der Waals surface area contributed by atoms with E-state index >= 15 is 0 Å². The van der Waals surface area contributed by atoms with Gasteiger partial charge in [0.25, 0.3) is 0 Å². The highest BCUT2D eigenvalue weighted by Crippen LogP contribution is 2.40. The number of alkyl halides is 3. The van der Waals surface area contributed by atoms with Crippen molar-refractivity contribution in [2.45, 2.75) is 19.4 Å². The van der Waals surface area contributed by atoms with Gasteiger partial charge >= 0.3 is 12.1 Å². The number of hydrogen-bond donors (Lipinski definition) is 0. The Hall–Kier alpha value is -2.30. The number of carbonyl (C=O) groups is 1. The van der Waals surface area contributed by atoms with E-state index in [-0.39, 0.29) is 42.3 Å². The molecule has 3 rings (SSSR count). The largest absolute Gasteiger partial charge is 0.461 e. The molecule has 1 aliphatic heterocycles. The Morgan fingerprint density at radius 2 is 2.00 bits per heavy atom. The Morgan fingerprint density at radius 1 is 1.30 bits per heavy atom. The van der Waals surface area contributed by atoms with Gasteiger partial charge in [-0.2, -0.15) is 13.2 Å². The summed E-state index contributed by atoms with van der Waals surface area (Å²) in [5.41, 5.74) is -1.41. The molecule has 0 radical (unpaired) electrons. The zero-order chi connectivity index (χ0) is 19.6. The van der Waals surface area contributed by atoms with E-state index in [0.717, 1.165) is 12.4 Å². The van der Waals surface area contributed by atoms with E-state index in [1.54, 1.807) is 6.92 Å². The number of hydrogen-bond acceptors (Lipinski definition) is 7. The lowest BCUT2D eigenvalue weighted by Crippen LogP contribution is -2.16. The maximum Gasteiger partial charge on any atom is 0.433 e.